The van der Waals surface area contributed by atoms with Crippen LogP contribution in [0.1, 0.15) is 22.8 Å². The average Bonchev–Trinajstić information content (AvgIpc) is 2.50. The zero-order chi connectivity index (χ0) is 15.4. The van der Waals surface area contributed by atoms with Gasteiger partial charge in [0.25, 0.3) is 5.91 Å². The predicted molar refractivity (Wildman–Crippen MR) is 80.9 cm³/mol. The normalized spacial score (nSPS) is 15.0. The average molecular weight is 311 g/mol. The van der Waals surface area contributed by atoms with Gasteiger partial charge >= 0.3 is 0 Å². The number of hydrogen-bond acceptors (Lipinski definition) is 3. The minimum absolute atomic E-state index is 0.0528. The van der Waals surface area contributed by atoms with E-state index in [-0.39, 0.29) is 5.91 Å². The van der Waals surface area contributed by atoms with Crippen LogP contribution in [0.15, 0.2) is 12.1 Å². The van der Waals surface area contributed by atoms with Crippen molar-refractivity contribution >= 4 is 23.9 Å². The van der Waals surface area contributed by atoms with E-state index in [4.69, 9.17) is 16.3 Å². The molecule has 0 spiro atoms. The first-order valence-corrected chi connectivity index (χ1v) is 7.36. The number of nitrogens with zero attached hydrogens (tertiary/aromatic N) is 2. The van der Waals surface area contributed by atoms with Crippen LogP contribution in [0, 0.1) is 6.92 Å². The molecule has 0 aliphatic carbocycles. The SMILES string of the molecule is CCOc1cc(C)c(C(=O)N2CCN(C=O)CC2)cc1Cl. The molecule has 0 unspecified atom stereocenters. The predicted octanol–water partition coefficient (Wildman–Crippen LogP) is 1.96. The number of ether oxygens (including phenoxy) is 1. The van der Waals surface area contributed by atoms with Crippen LogP contribution in [0.5, 0.6) is 5.75 Å². The monoisotopic (exact) mass is 310 g/mol. The molecule has 1 heterocycles. The fourth-order valence-corrected chi connectivity index (χ4v) is 2.57. The van der Waals surface area contributed by atoms with Gasteiger partial charge in [0.2, 0.25) is 6.41 Å². The zero-order valence-electron chi connectivity index (χ0n) is 12.3. The topological polar surface area (TPSA) is 49.9 Å². The smallest absolute Gasteiger partial charge is 0.254 e. The van der Waals surface area contributed by atoms with Gasteiger partial charge in [0.05, 0.1) is 11.6 Å². The van der Waals surface area contributed by atoms with Gasteiger partial charge in [-0.1, -0.05) is 11.6 Å². The number of rotatable bonds is 4. The standard InChI is InChI=1S/C15H19ClN2O3/c1-3-21-14-8-11(2)12(9-13(14)16)15(20)18-6-4-17(10-19)5-7-18/h8-10H,3-7H2,1-2H3. The fourth-order valence-electron chi connectivity index (χ4n) is 2.35. The van der Waals surface area contributed by atoms with Crippen molar-refractivity contribution in [1.29, 1.82) is 0 Å². The van der Waals surface area contributed by atoms with E-state index >= 15 is 0 Å². The molecule has 0 N–H and O–H groups in total. The molecule has 1 aromatic carbocycles. The van der Waals surface area contributed by atoms with E-state index in [0.29, 0.717) is 49.1 Å². The van der Waals surface area contributed by atoms with Gasteiger partial charge in [0.15, 0.2) is 0 Å². The Balaban J connectivity index is 2.16. The van der Waals surface area contributed by atoms with E-state index in [0.717, 1.165) is 12.0 Å². The molecule has 1 fully saturated rings. The van der Waals surface area contributed by atoms with Gasteiger partial charge in [-0.3, -0.25) is 9.59 Å². The van der Waals surface area contributed by atoms with Crippen molar-refractivity contribution in [3.05, 3.63) is 28.3 Å². The van der Waals surface area contributed by atoms with Crippen molar-refractivity contribution in [1.82, 2.24) is 9.80 Å². The summed E-state index contributed by atoms with van der Waals surface area (Å²) in [6, 6.07) is 3.46. The second kappa shape index (κ2) is 6.80. The number of carbonyl (C=O) groups is 2. The third-order valence-electron chi connectivity index (χ3n) is 3.56. The summed E-state index contributed by atoms with van der Waals surface area (Å²) < 4.78 is 5.42. The molecule has 5 nitrogen and oxygen atoms in total. The third kappa shape index (κ3) is 3.47. The highest BCUT2D eigenvalue weighted by molar-refractivity contribution is 6.32. The molecule has 6 heteroatoms. The second-order valence-electron chi connectivity index (χ2n) is 4.96. The Morgan fingerprint density at radius 1 is 1.33 bits per heavy atom. The lowest BCUT2D eigenvalue weighted by Crippen LogP contribution is -2.48. The minimum atomic E-state index is -0.0528. The van der Waals surface area contributed by atoms with E-state index in [9.17, 15) is 9.59 Å². The van der Waals surface area contributed by atoms with E-state index in [2.05, 4.69) is 0 Å². The van der Waals surface area contributed by atoms with Crippen molar-refractivity contribution in [2.24, 2.45) is 0 Å². The summed E-state index contributed by atoms with van der Waals surface area (Å²) in [4.78, 5) is 26.7. The van der Waals surface area contributed by atoms with Crippen LogP contribution < -0.4 is 4.74 Å². The van der Waals surface area contributed by atoms with Gasteiger partial charge in [-0.15, -0.1) is 0 Å². The van der Waals surface area contributed by atoms with Crippen molar-refractivity contribution in [3.8, 4) is 5.75 Å². The number of aryl methyl sites for hydroxylation is 1. The summed E-state index contributed by atoms with van der Waals surface area (Å²) in [6.45, 7) is 6.51. The lowest BCUT2D eigenvalue weighted by atomic mass is 10.1. The number of carbonyl (C=O) groups excluding carboxylic acids is 2. The first-order valence-electron chi connectivity index (χ1n) is 6.98. The van der Waals surface area contributed by atoms with E-state index in [1.807, 2.05) is 13.8 Å². The van der Waals surface area contributed by atoms with Gasteiger partial charge in [-0.05, 0) is 31.5 Å². The van der Waals surface area contributed by atoms with Crippen LogP contribution in [0.3, 0.4) is 0 Å². The Hall–Kier alpha value is -1.75. The Morgan fingerprint density at radius 2 is 2.00 bits per heavy atom. The van der Waals surface area contributed by atoms with Gasteiger partial charge in [0.1, 0.15) is 5.75 Å². The maximum absolute atomic E-state index is 12.6. The highest BCUT2D eigenvalue weighted by atomic mass is 35.5. The quantitative estimate of drug-likeness (QED) is 0.799. The molecule has 0 bridgehead atoms. The van der Waals surface area contributed by atoms with Crippen LogP contribution in [0.4, 0.5) is 0 Å². The lowest BCUT2D eigenvalue weighted by Gasteiger charge is -2.33. The Morgan fingerprint density at radius 3 is 2.57 bits per heavy atom. The molecular weight excluding hydrogens is 292 g/mol. The Kier molecular flexibility index (Phi) is 5.07. The number of piperazine rings is 1. The molecular formula is C15H19ClN2O3. The molecule has 1 saturated heterocycles. The molecule has 0 saturated carbocycles. The van der Waals surface area contributed by atoms with Gasteiger partial charge in [0, 0.05) is 31.7 Å². The summed E-state index contributed by atoms with van der Waals surface area (Å²) in [5, 5.41) is 0.442. The minimum Gasteiger partial charge on any atom is -0.492 e. The van der Waals surface area contributed by atoms with Crippen molar-refractivity contribution < 1.29 is 14.3 Å². The first kappa shape index (κ1) is 15.6. The zero-order valence-corrected chi connectivity index (χ0v) is 13.0. The first-order chi connectivity index (χ1) is 10.1. The van der Waals surface area contributed by atoms with Gasteiger partial charge in [-0.25, -0.2) is 0 Å². The summed E-state index contributed by atoms with van der Waals surface area (Å²) in [5.74, 6) is 0.544. The summed E-state index contributed by atoms with van der Waals surface area (Å²) in [6.07, 6.45) is 0.820. The lowest BCUT2D eigenvalue weighted by molar-refractivity contribution is -0.119. The molecule has 2 rings (SSSR count). The molecule has 114 valence electrons. The van der Waals surface area contributed by atoms with Crippen LogP contribution in [0.25, 0.3) is 0 Å². The van der Waals surface area contributed by atoms with E-state index < -0.39 is 0 Å². The Labute approximate surface area is 129 Å². The largest absolute Gasteiger partial charge is 0.492 e. The number of benzene rings is 1. The van der Waals surface area contributed by atoms with Crippen LogP contribution in [-0.2, 0) is 4.79 Å². The van der Waals surface area contributed by atoms with Crippen molar-refractivity contribution in [2.75, 3.05) is 32.8 Å². The van der Waals surface area contributed by atoms with E-state index in [1.54, 1.807) is 21.9 Å². The molecule has 1 aliphatic heterocycles. The molecule has 21 heavy (non-hydrogen) atoms. The maximum atomic E-state index is 12.6. The number of halogens is 1. The van der Waals surface area contributed by atoms with Crippen LogP contribution in [0.2, 0.25) is 5.02 Å². The highest BCUT2D eigenvalue weighted by Gasteiger charge is 2.23. The third-order valence-corrected chi connectivity index (χ3v) is 3.86. The molecule has 0 aromatic heterocycles. The molecule has 2 amide bonds. The summed E-state index contributed by atoms with van der Waals surface area (Å²) >= 11 is 6.16. The second-order valence-corrected chi connectivity index (χ2v) is 5.37. The maximum Gasteiger partial charge on any atom is 0.254 e. The number of hydrogen-bond donors (Lipinski definition) is 0. The van der Waals surface area contributed by atoms with Gasteiger partial charge < -0.3 is 14.5 Å². The molecule has 1 aliphatic rings. The Bertz CT molecular complexity index is 540. The highest BCUT2D eigenvalue weighted by Crippen LogP contribution is 2.29. The fraction of sp³-hybridized carbons (Fsp3) is 0.467. The van der Waals surface area contributed by atoms with Crippen LogP contribution >= 0.6 is 11.6 Å². The number of amides is 2. The van der Waals surface area contributed by atoms with Gasteiger partial charge in [-0.2, -0.15) is 0 Å². The molecule has 0 radical (unpaired) electrons. The molecule has 0 atom stereocenters. The van der Waals surface area contributed by atoms with Crippen molar-refractivity contribution in [3.63, 3.8) is 0 Å². The van der Waals surface area contributed by atoms with Crippen molar-refractivity contribution in [2.45, 2.75) is 13.8 Å². The summed E-state index contributed by atoms with van der Waals surface area (Å²) in [7, 11) is 0. The van der Waals surface area contributed by atoms with E-state index in [1.165, 1.54) is 0 Å². The summed E-state index contributed by atoms with van der Waals surface area (Å²) in [5.41, 5.74) is 1.42. The van der Waals surface area contributed by atoms with Crippen LogP contribution in [-0.4, -0.2) is 54.9 Å². The molecule has 1 aromatic rings.